The van der Waals surface area contributed by atoms with E-state index in [1.807, 2.05) is 0 Å². The monoisotopic (exact) mass is 878 g/mol. The van der Waals surface area contributed by atoms with Gasteiger partial charge in [-0.15, -0.1) is 0 Å². The Morgan fingerprint density at radius 3 is 1.30 bits per heavy atom. The van der Waals surface area contributed by atoms with Gasteiger partial charge < -0.3 is 9.80 Å². The second-order valence-electron chi connectivity index (χ2n) is 18.0. The van der Waals surface area contributed by atoms with Crippen LogP contribution in [0.2, 0.25) is 0 Å². The number of rotatable bonds is 8. The SMILES string of the molecule is c1ccc(-c2ccc(-c3ccccc3N(c3ccccc3-c3cccc(-c4ccccc4)c3)c3cccc4c3-c3ccccc3C43c4ccccc4N(c4ccccc4)c4ccccc43)cc2)cc1. The molecule has 0 saturated carbocycles. The average Bonchev–Trinajstić information content (AvgIpc) is 3.73. The minimum atomic E-state index is -0.609. The number of nitrogens with zero attached hydrogens (tertiary/aromatic N) is 2. The highest BCUT2D eigenvalue weighted by Gasteiger charge is 2.52. The van der Waals surface area contributed by atoms with E-state index in [1.54, 1.807) is 0 Å². The number of anilines is 6. The van der Waals surface area contributed by atoms with Crippen LogP contribution in [0.15, 0.2) is 279 Å². The Kier molecular flexibility index (Phi) is 9.77. The third-order valence-electron chi connectivity index (χ3n) is 14.3. The zero-order valence-electron chi connectivity index (χ0n) is 38.0. The third-order valence-corrected chi connectivity index (χ3v) is 14.3. The number of benzene rings is 11. The van der Waals surface area contributed by atoms with Crippen molar-refractivity contribution in [3.05, 3.63) is 301 Å². The third kappa shape index (κ3) is 6.48. The van der Waals surface area contributed by atoms with Gasteiger partial charge in [-0.3, -0.25) is 0 Å². The maximum absolute atomic E-state index is 2.55. The molecule has 0 fully saturated rings. The van der Waals surface area contributed by atoms with E-state index < -0.39 is 5.41 Å². The molecule has 0 saturated heterocycles. The summed E-state index contributed by atoms with van der Waals surface area (Å²) in [7, 11) is 0. The van der Waals surface area contributed by atoms with Crippen LogP contribution in [0.5, 0.6) is 0 Å². The molecular formula is C67H46N2. The quantitative estimate of drug-likeness (QED) is 0.150. The molecule has 0 radical (unpaired) electrons. The second-order valence-corrected chi connectivity index (χ2v) is 18.0. The highest BCUT2D eigenvalue weighted by Crippen LogP contribution is 2.65. The Morgan fingerprint density at radius 1 is 0.261 bits per heavy atom. The Balaban J connectivity index is 1.09. The summed E-state index contributed by atoms with van der Waals surface area (Å²) in [6.07, 6.45) is 0. The lowest BCUT2D eigenvalue weighted by molar-refractivity contribution is 0.752. The van der Waals surface area contributed by atoms with Crippen molar-refractivity contribution in [1.29, 1.82) is 0 Å². The number of hydrogen-bond acceptors (Lipinski definition) is 2. The van der Waals surface area contributed by atoms with Gasteiger partial charge in [0.15, 0.2) is 0 Å². The molecule has 0 amide bonds. The van der Waals surface area contributed by atoms with Crippen molar-refractivity contribution in [3.63, 3.8) is 0 Å². The fourth-order valence-corrected chi connectivity index (χ4v) is 11.4. The smallest absolute Gasteiger partial charge is 0.0755 e. The predicted octanol–water partition coefficient (Wildman–Crippen LogP) is 18.0. The zero-order chi connectivity index (χ0) is 45.7. The summed E-state index contributed by atoms with van der Waals surface area (Å²) in [6.45, 7) is 0. The van der Waals surface area contributed by atoms with E-state index in [9.17, 15) is 0 Å². The first-order valence-corrected chi connectivity index (χ1v) is 23.8. The molecule has 11 aromatic carbocycles. The number of fused-ring (bicyclic) bond motifs is 9. The van der Waals surface area contributed by atoms with Crippen LogP contribution in [0.3, 0.4) is 0 Å². The van der Waals surface area contributed by atoms with E-state index >= 15 is 0 Å². The normalized spacial score (nSPS) is 12.7. The van der Waals surface area contributed by atoms with E-state index in [1.165, 1.54) is 67.0 Å². The van der Waals surface area contributed by atoms with Gasteiger partial charge in [0.25, 0.3) is 0 Å². The summed E-state index contributed by atoms with van der Waals surface area (Å²) in [5.41, 5.74) is 23.1. The molecule has 13 rings (SSSR count). The van der Waals surface area contributed by atoms with Crippen molar-refractivity contribution in [3.8, 4) is 55.6 Å². The summed E-state index contributed by atoms with van der Waals surface area (Å²) in [5.74, 6) is 0. The van der Waals surface area contributed by atoms with Crippen LogP contribution in [0, 0.1) is 0 Å². The van der Waals surface area contributed by atoms with Gasteiger partial charge in [0.1, 0.15) is 0 Å². The van der Waals surface area contributed by atoms with Gasteiger partial charge in [0.2, 0.25) is 0 Å². The molecule has 11 aromatic rings. The van der Waals surface area contributed by atoms with Gasteiger partial charge >= 0.3 is 0 Å². The first-order chi connectivity index (χ1) is 34.3. The average molecular weight is 879 g/mol. The van der Waals surface area contributed by atoms with Crippen LogP contribution in [-0.2, 0) is 5.41 Å². The lowest BCUT2D eigenvalue weighted by Gasteiger charge is -2.45. The summed E-state index contributed by atoms with van der Waals surface area (Å²) >= 11 is 0. The van der Waals surface area contributed by atoms with Crippen LogP contribution in [0.1, 0.15) is 22.3 Å². The number of hydrogen-bond donors (Lipinski definition) is 0. The first-order valence-electron chi connectivity index (χ1n) is 23.8. The van der Waals surface area contributed by atoms with Gasteiger partial charge in [0, 0.05) is 22.4 Å². The Morgan fingerprint density at radius 2 is 0.667 bits per heavy atom. The molecule has 0 aromatic heterocycles. The molecule has 1 aliphatic heterocycles. The van der Waals surface area contributed by atoms with Gasteiger partial charge in [-0.2, -0.15) is 0 Å². The van der Waals surface area contributed by atoms with Crippen LogP contribution in [0.4, 0.5) is 34.1 Å². The van der Waals surface area contributed by atoms with Crippen molar-refractivity contribution >= 4 is 34.1 Å². The molecule has 0 atom stereocenters. The zero-order valence-corrected chi connectivity index (χ0v) is 38.0. The van der Waals surface area contributed by atoms with Crippen LogP contribution < -0.4 is 9.80 Å². The van der Waals surface area contributed by atoms with Gasteiger partial charge in [-0.1, -0.05) is 231 Å². The van der Waals surface area contributed by atoms with Gasteiger partial charge in [0.05, 0.1) is 33.9 Å². The van der Waals surface area contributed by atoms with Crippen molar-refractivity contribution < 1.29 is 0 Å². The molecule has 1 spiro atoms. The molecule has 1 aliphatic carbocycles. The molecule has 69 heavy (non-hydrogen) atoms. The van der Waals surface area contributed by atoms with Crippen LogP contribution >= 0.6 is 0 Å². The maximum Gasteiger partial charge on any atom is 0.0755 e. The molecule has 1 heterocycles. The fraction of sp³-hybridized carbons (Fsp3) is 0.0149. The highest BCUT2D eigenvalue weighted by atomic mass is 15.2. The molecule has 324 valence electrons. The summed E-state index contributed by atoms with van der Waals surface area (Å²) in [5, 5.41) is 0. The van der Waals surface area contributed by atoms with Crippen molar-refractivity contribution in [2.75, 3.05) is 9.80 Å². The molecular weight excluding hydrogens is 833 g/mol. The van der Waals surface area contributed by atoms with Crippen molar-refractivity contribution in [1.82, 2.24) is 0 Å². The predicted molar refractivity (Wildman–Crippen MR) is 288 cm³/mol. The van der Waals surface area contributed by atoms with Gasteiger partial charge in [-0.25, -0.2) is 0 Å². The molecule has 2 heteroatoms. The fourth-order valence-electron chi connectivity index (χ4n) is 11.4. The topological polar surface area (TPSA) is 6.48 Å². The van der Waals surface area contributed by atoms with E-state index in [2.05, 4.69) is 289 Å². The first kappa shape index (κ1) is 40.3. The minimum absolute atomic E-state index is 0.609. The molecule has 0 bridgehead atoms. The summed E-state index contributed by atoms with van der Waals surface area (Å²) in [4.78, 5) is 5.00. The molecule has 2 aliphatic rings. The van der Waals surface area contributed by atoms with Crippen molar-refractivity contribution in [2.45, 2.75) is 5.41 Å². The second kappa shape index (κ2) is 16.7. The summed E-state index contributed by atoms with van der Waals surface area (Å²) < 4.78 is 0. The molecule has 0 unspecified atom stereocenters. The lowest BCUT2D eigenvalue weighted by Crippen LogP contribution is -2.36. The largest absolute Gasteiger partial charge is 0.310 e. The molecule has 2 nitrogen and oxygen atoms in total. The Labute approximate surface area is 404 Å². The Bertz CT molecular complexity index is 3620. The molecule has 0 N–H and O–H groups in total. The number of para-hydroxylation sites is 5. The lowest BCUT2D eigenvalue weighted by atomic mass is 9.64. The Hall–Kier alpha value is -8.98. The van der Waals surface area contributed by atoms with Crippen LogP contribution in [-0.4, -0.2) is 0 Å². The van der Waals surface area contributed by atoms with Crippen LogP contribution in [0.25, 0.3) is 55.6 Å². The van der Waals surface area contributed by atoms with E-state index in [0.29, 0.717) is 0 Å². The van der Waals surface area contributed by atoms with Crippen molar-refractivity contribution in [2.24, 2.45) is 0 Å². The van der Waals surface area contributed by atoms with E-state index in [-0.39, 0.29) is 0 Å². The van der Waals surface area contributed by atoms with E-state index in [0.717, 1.165) is 45.0 Å². The minimum Gasteiger partial charge on any atom is -0.310 e. The van der Waals surface area contributed by atoms with E-state index in [4.69, 9.17) is 0 Å². The highest BCUT2D eigenvalue weighted by molar-refractivity contribution is 6.04. The maximum atomic E-state index is 2.55. The standard InChI is InChI=1S/C67H46N2/c1-4-22-47(23-5-1)49-42-44-50(45-43-49)54-30-11-16-37-61(54)69(62-38-17-12-31-55(62)52-27-20-26-51(46-52)48-24-6-2-7-25-48)65-41-21-36-60-66(65)56-32-10-13-33-57(56)67(60)58-34-14-18-39-63(58)68(53-28-8-3-9-29-53)64-40-19-15-35-59(64)67/h1-46H. The summed E-state index contributed by atoms with van der Waals surface area (Å²) in [6, 6.07) is 102. The van der Waals surface area contributed by atoms with Gasteiger partial charge in [-0.05, 0) is 110 Å².